The van der Waals surface area contributed by atoms with E-state index < -0.39 is 0 Å². The largest absolute Gasteiger partial charge is 0.345 e. The lowest BCUT2D eigenvalue weighted by Crippen LogP contribution is -2.24. The van der Waals surface area contributed by atoms with Crippen molar-refractivity contribution in [3.63, 3.8) is 0 Å². The van der Waals surface area contributed by atoms with Crippen LogP contribution in [-0.2, 0) is 13.6 Å². The van der Waals surface area contributed by atoms with Crippen LogP contribution in [0.3, 0.4) is 0 Å². The maximum atomic E-state index is 11.8. The van der Waals surface area contributed by atoms with E-state index in [1.54, 1.807) is 24.6 Å². The SMILES string of the molecule is Cc1noc(CNC(=O)c2cc(Br)cn2C)n1. The van der Waals surface area contributed by atoms with Crippen molar-refractivity contribution in [2.45, 2.75) is 13.5 Å². The molecule has 0 radical (unpaired) electrons. The molecule has 2 aromatic heterocycles. The molecule has 0 saturated heterocycles. The summed E-state index contributed by atoms with van der Waals surface area (Å²) in [4.78, 5) is 15.8. The molecular formula is C10H11BrN4O2. The molecule has 2 heterocycles. The van der Waals surface area contributed by atoms with Crippen LogP contribution < -0.4 is 5.32 Å². The van der Waals surface area contributed by atoms with Crippen molar-refractivity contribution in [1.29, 1.82) is 0 Å². The molecular weight excluding hydrogens is 288 g/mol. The standard InChI is InChI=1S/C10H11BrN4O2/c1-6-13-9(17-14-6)4-12-10(16)8-3-7(11)5-15(8)2/h3,5H,4H2,1-2H3,(H,12,16). The number of aromatic nitrogens is 3. The summed E-state index contributed by atoms with van der Waals surface area (Å²) in [5.41, 5.74) is 0.563. The lowest BCUT2D eigenvalue weighted by Gasteiger charge is -2.02. The second-order valence-electron chi connectivity index (χ2n) is 3.57. The summed E-state index contributed by atoms with van der Waals surface area (Å²) in [6.45, 7) is 1.95. The second-order valence-corrected chi connectivity index (χ2v) is 4.49. The van der Waals surface area contributed by atoms with Crippen LogP contribution in [0.2, 0.25) is 0 Å². The molecule has 0 aliphatic carbocycles. The van der Waals surface area contributed by atoms with Crippen molar-refractivity contribution >= 4 is 21.8 Å². The highest BCUT2D eigenvalue weighted by Gasteiger charge is 2.12. The van der Waals surface area contributed by atoms with Gasteiger partial charge in [-0.15, -0.1) is 0 Å². The molecule has 0 unspecified atom stereocenters. The molecule has 0 aromatic carbocycles. The Morgan fingerprint density at radius 1 is 1.65 bits per heavy atom. The van der Waals surface area contributed by atoms with Crippen LogP contribution in [0.5, 0.6) is 0 Å². The summed E-state index contributed by atoms with van der Waals surface area (Å²) in [5, 5.41) is 6.34. The van der Waals surface area contributed by atoms with Crippen molar-refractivity contribution in [1.82, 2.24) is 20.0 Å². The Morgan fingerprint density at radius 2 is 2.41 bits per heavy atom. The number of amides is 1. The van der Waals surface area contributed by atoms with Gasteiger partial charge in [0.25, 0.3) is 5.91 Å². The Kier molecular flexibility index (Phi) is 3.28. The molecule has 0 aliphatic heterocycles. The van der Waals surface area contributed by atoms with Gasteiger partial charge in [-0.25, -0.2) is 0 Å². The summed E-state index contributed by atoms with van der Waals surface area (Å²) in [5.74, 6) is 0.758. The van der Waals surface area contributed by atoms with Crippen molar-refractivity contribution in [2.24, 2.45) is 7.05 Å². The predicted molar refractivity (Wildman–Crippen MR) is 63.3 cm³/mol. The first kappa shape index (κ1) is 11.8. The van der Waals surface area contributed by atoms with Gasteiger partial charge in [0.05, 0.1) is 6.54 Å². The predicted octanol–water partition coefficient (Wildman–Crippen LogP) is 1.41. The van der Waals surface area contributed by atoms with E-state index in [0.29, 0.717) is 17.4 Å². The van der Waals surface area contributed by atoms with E-state index >= 15 is 0 Å². The zero-order valence-electron chi connectivity index (χ0n) is 9.40. The first-order chi connectivity index (χ1) is 8.06. The van der Waals surface area contributed by atoms with Crippen LogP contribution in [0.4, 0.5) is 0 Å². The zero-order chi connectivity index (χ0) is 12.4. The number of carbonyl (C=O) groups excluding carboxylic acids is 1. The molecule has 17 heavy (non-hydrogen) atoms. The summed E-state index contributed by atoms with van der Waals surface area (Å²) in [6.07, 6.45) is 1.81. The smallest absolute Gasteiger partial charge is 0.268 e. The van der Waals surface area contributed by atoms with E-state index in [-0.39, 0.29) is 12.5 Å². The summed E-state index contributed by atoms with van der Waals surface area (Å²) < 4.78 is 7.49. The van der Waals surface area contributed by atoms with Gasteiger partial charge < -0.3 is 14.4 Å². The van der Waals surface area contributed by atoms with Gasteiger partial charge in [-0.1, -0.05) is 5.16 Å². The number of hydrogen-bond donors (Lipinski definition) is 1. The average Bonchev–Trinajstić information content (AvgIpc) is 2.81. The summed E-state index contributed by atoms with van der Waals surface area (Å²) in [6, 6.07) is 1.74. The summed E-state index contributed by atoms with van der Waals surface area (Å²) in [7, 11) is 1.80. The number of hydrogen-bond acceptors (Lipinski definition) is 4. The van der Waals surface area contributed by atoms with E-state index in [9.17, 15) is 4.79 Å². The summed E-state index contributed by atoms with van der Waals surface area (Å²) >= 11 is 3.31. The van der Waals surface area contributed by atoms with Gasteiger partial charge in [-0.05, 0) is 28.9 Å². The second kappa shape index (κ2) is 4.70. The fourth-order valence-electron chi connectivity index (χ4n) is 1.41. The monoisotopic (exact) mass is 298 g/mol. The number of rotatable bonds is 3. The molecule has 0 atom stereocenters. The Hall–Kier alpha value is -1.63. The van der Waals surface area contributed by atoms with Crippen LogP contribution in [0.15, 0.2) is 21.3 Å². The Bertz CT molecular complexity index is 546. The molecule has 1 N–H and O–H groups in total. The molecule has 6 nitrogen and oxygen atoms in total. The van der Waals surface area contributed by atoms with E-state index in [4.69, 9.17) is 4.52 Å². The highest BCUT2D eigenvalue weighted by atomic mass is 79.9. The molecule has 1 amide bonds. The van der Waals surface area contributed by atoms with E-state index in [0.717, 1.165) is 4.47 Å². The minimum absolute atomic E-state index is 0.186. The lowest BCUT2D eigenvalue weighted by molar-refractivity contribution is 0.0938. The van der Waals surface area contributed by atoms with Crippen molar-refractivity contribution in [2.75, 3.05) is 0 Å². The van der Waals surface area contributed by atoms with Gasteiger partial charge in [-0.3, -0.25) is 4.79 Å². The number of halogens is 1. The molecule has 2 aromatic rings. The number of nitrogens with zero attached hydrogens (tertiary/aromatic N) is 3. The maximum absolute atomic E-state index is 11.8. The van der Waals surface area contributed by atoms with Crippen LogP contribution in [0, 0.1) is 6.92 Å². The van der Waals surface area contributed by atoms with Crippen LogP contribution >= 0.6 is 15.9 Å². The highest BCUT2D eigenvalue weighted by molar-refractivity contribution is 9.10. The maximum Gasteiger partial charge on any atom is 0.268 e. The van der Waals surface area contributed by atoms with Gasteiger partial charge in [0.1, 0.15) is 5.69 Å². The Morgan fingerprint density at radius 3 is 2.94 bits per heavy atom. The minimum Gasteiger partial charge on any atom is -0.345 e. The molecule has 90 valence electrons. The molecule has 0 spiro atoms. The van der Waals surface area contributed by atoms with Gasteiger partial charge in [-0.2, -0.15) is 4.98 Å². The van der Waals surface area contributed by atoms with Gasteiger partial charge >= 0.3 is 0 Å². The third-order valence-electron chi connectivity index (χ3n) is 2.17. The normalized spacial score (nSPS) is 10.5. The zero-order valence-corrected chi connectivity index (χ0v) is 11.0. The van der Waals surface area contributed by atoms with Crippen molar-refractivity contribution in [3.8, 4) is 0 Å². The molecule has 0 saturated carbocycles. The third kappa shape index (κ3) is 2.73. The van der Waals surface area contributed by atoms with Crippen LogP contribution in [0.25, 0.3) is 0 Å². The number of nitrogens with one attached hydrogen (secondary N) is 1. The van der Waals surface area contributed by atoms with Gasteiger partial charge in [0.15, 0.2) is 5.82 Å². The third-order valence-corrected chi connectivity index (χ3v) is 2.61. The Labute approximate surface area is 106 Å². The number of carbonyl (C=O) groups is 1. The first-order valence-electron chi connectivity index (χ1n) is 4.95. The molecule has 7 heteroatoms. The molecule has 0 fully saturated rings. The van der Waals surface area contributed by atoms with E-state index in [1.165, 1.54) is 0 Å². The fraction of sp³-hybridized carbons (Fsp3) is 0.300. The first-order valence-corrected chi connectivity index (χ1v) is 5.75. The lowest BCUT2D eigenvalue weighted by atomic mass is 10.4. The Balaban J connectivity index is 2.00. The van der Waals surface area contributed by atoms with E-state index in [1.807, 2.05) is 6.20 Å². The number of aryl methyl sites for hydroxylation is 2. The highest BCUT2D eigenvalue weighted by Crippen LogP contribution is 2.13. The molecule has 2 rings (SSSR count). The topological polar surface area (TPSA) is 73.0 Å². The molecule has 0 aliphatic rings. The quantitative estimate of drug-likeness (QED) is 0.930. The molecule has 0 bridgehead atoms. The van der Waals surface area contributed by atoms with Gasteiger partial charge in [0, 0.05) is 17.7 Å². The minimum atomic E-state index is -0.186. The fourth-order valence-corrected chi connectivity index (χ4v) is 1.93. The van der Waals surface area contributed by atoms with Crippen molar-refractivity contribution in [3.05, 3.63) is 34.1 Å². The van der Waals surface area contributed by atoms with E-state index in [2.05, 4.69) is 31.4 Å². The van der Waals surface area contributed by atoms with Crippen LogP contribution in [0.1, 0.15) is 22.2 Å². The van der Waals surface area contributed by atoms with Crippen molar-refractivity contribution < 1.29 is 9.32 Å². The van der Waals surface area contributed by atoms with Gasteiger partial charge in [0.2, 0.25) is 5.89 Å². The average molecular weight is 299 g/mol. The van der Waals surface area contributed by atoms with Crippen LogP contribution in [-0.4, -0.2) is 20.6 Å².